The van der Waals surface area contributed by atoms with Crippen LogP contribution >= 0.6 is 0 Å². The highest BCUT2D eigenvalue weighted by atomic mass is 16.6. The lowest BCUT2D eigenvalue weighted by Crippen LogP contribution is -2.30. The molecule has 6 nitrogen and oxygen atoms in total. The summed E-state index contributed by atoms with van der Waals surface area (Å²) in [6.07, 6.45) is 87.8. The Morgan fingerprint density at radius 2 is 0.494 bits per heavy atom. The number of rotatable bonds is 63. The number of ether oxygens (including phenoxy) is 3. The van der Waals surface area contributed by atoms with Crippen LogP contribution in [0.15, 0.2) is 72.9 Å². The fourth-order valence-electron chi connectivity index (χ4n) is 10.1. The molecule has 0 aromatic rings. The Bertz CT molecular complexity index is 1450. The maximum atomic E-state index is 12.9. The van der Waals surface area contributed by atoms with Gasteiger partial charge in [-0.15, -0.1) is 0 Å². The van der Waals surface area contributed by atoms with Crippen molar-refractivity contribution in [2.24, 2.45) is 0 Å². The molecule has 0 aliphatic heterocycles. The molecule has 6 heteroatoms. The van der Waals surface area contributed by atoms with Crippen LogP contribution in [0.1, 0.15) is 355 Å². The summed E-state index contributed by atoms with van der Waals surface area (Å²) >= 11 is 0. The van der Waals surface area contributed by atoms with E-state index in [1.165, 1.54) is 212 Å². The average molecular weight is 1100 g/mol. The van der Waals surface area contributed by atoms with Crippen molar-refractivity contribution in [1.82, 2.24) is 0 Å². The summed E-state index contributed by atoms with van der Waals surface area (Å²) < 4.78 is 17.0. The zero-order chi connectivity index (χ0) is 57.1. The molecule has 1 atom stereocenters. The van der Waals surface area contributed by atoms with Gasteiger partial charge in [-0.2, -0.15) is 0 Å². The van der Waals surface area contributed by atoms with Gasteiger partial charge in [-0.3, -0.25) is 14.4 Å². The van der Waals surface area contributed by atoms with Gasteiger partial charge in [0.1, 0.15) is 13.2 Å². The molecule has 458 valence electrons. The third-order valence-electron chi connectivity index (χ3n) is 15.2. The van der Waals surface area contributed by atoms with Gasteiger partial charge in [-0.25, -0.2) is 0 Å². The second-order valence-electron chi connectivity index (χ2n) is 23.1. The number of hydrogen-bond donors (Lipinski definition) is 0. The van der Waals surface area contributed by atoms with Crippen molar-refractivity contribution in [2.75, 3.05) is 13.2 Å². The Hall–Kier alpha value is -3.15. The molecule has 0 rings (SSSR count). The van der Waals surface area contributed by atoms with Crippen molar-refractivity contribution in [1.29, 1.82) is 0 Å². The Kier molecular flexibility index (Phi) is 64.7. The van der Waals surface area contributed by atoms with Crippen molar-refractivity contribution in [3.8, 4) is 0 Å². The Balaban J connectivity index is 4.29. The molecule has 0 aromatic heterocycles. The number of carbonyl (C=O) groups excluding carboxylic acids is 3. The van der Waals surface area contributed by atoms with Gasteiger partial charge in [0, 0.05) is 19.3 Å². The molecule has 0 aromatic carbocycles. The van der Waals surface area contributed by atoms with Crippen LogP contribution in [0.3, 0.4) is 0 Å². The van der Waals surface area contributed by atoms with E-state index in [2.05, 4.69) is 93.7 Å². The minimum absolute atomic E-state index is 0.0772. The molecule has 0 bridgehead atoms. The molecular formula is C73H130O6. The Morgan fingerprint density at radius 3 is 0.772 bits per heavy atom. The van der Waals surface area contributed by atoms with E-state index in [4.69, 9.17) is 14.2 Å². The molecule has 0 saturated heterocycles. The molecule has 0 amide bonds. The van der Waals surface area contributed by atoms with Crippen LogP contribution < -0.4 is 0 Å². The molecule has 0 heterocycles. The largest absolute Gasteiger partial charge is 0.462 e. The van der Waals surface area contributed by atoms with Gasteiger partial charge >= 0.3 is 17.9 Å². The molecule has 0 aliphatic rings. The van der Waals surface area contributed by atoms with E-state index in [-0.39, 0.29) is 31.1 Å². The van der Waals surface area contributed by atoms with E-state index in [0.29, 0.717) is 19.3 Å². The lowest BCUT2D eigenvalue weighted by molar-refractivity contribution is -0.167. The standard InChI is InChI=1S/C73H130O6/c1-4-7-10-13-16-19-22-25-28-30-32-33-34-35-36-37-38-39-41-42-45-48-51-54-57-60-63-66-72(75)78-69-70(68-77-71(74)65-62-59-56-53-50-47-44-27-24-21-18-15-12-9-6-3)79-73(76)67-64-61-58-55-52-49-46-43-40-31-29-26-23-20-17-14-11-8-5-2/h8,11,17,20,22,25-26,29-30,32,40,43,70H,4-7,9-10,12-16,18-19,21,23-24,27-28,31,33-39,41-42,44-69H2,1-3H3/b11-8-,20-17-,25-22-,29-26-,32-30-,43-40-. The summed E-state index contributed by atoms with van der Waals surface area (Å²) in [6.45, 7) is 6.56. The highest BCUT2D eigenvalue weighted by Gasteiger charge is 2.19. The molecule has 1 unspecified atom stereocenters. The predicted octanol–water partition coefficient (Wildman–Crippen LogP) is 23.7. The highest BCUT2D eigenvalue weighted by molar-refractivity contribution is 5.71. The molecule has 0 saturated carbocycles. The lowest BCUT2D eigenvalue weighted by atomic mass is 10.0. The summed E-state index contributed by atoms with van der Waals surface area (Å²) in [5, 5.41) is 0. The average Bonchev–Trinajstić information content (AvgIpc) is 3.45. The first kappa shape index (κ1) is 75.8. The van der Waals surface area contributed by atoms with Crippen LogP contribution in [-0.4, -0.2) is 37.2 Å². The van der Waals surface area contributed by atoms with Gasteiger partial charge in [0.2, 0.25) is 0 Å². The molecular weight excluding hydrogens is 973 g/mol. The molecule has 0 fully saturated rings. The van der Waals surface area contributed by atoms with Gasteiger partial charge in [-0.1, -0.05) is 318 Å². The first-order chi connectivity index (χ1) is 39.0. The second kappa shape index (κ2) is 67.4. The summed E-state index contributed by atoms with van der Waals surface area (Å²) in [7, 11) is 0. The SMILES string of the molecule is CC/C=C\C/C=C\C/C=C\C/C=C\CCCCCCCCC(=O)OC(COC(=O)CCCCCCCCCCCCCCCCC)COC(=O)CCCCCCCCCCCCCCCCC/C=C\C/C=C\CCCCCCC. The quantitative estimate of drug-likeness (QED) is 0.0261. The molecule has 0 aliphatic carbocycles. The van der Waals surface area contributed by atoms with Crippen LogP contribution in [0.2, 0.25) is 0 Å². The van der Waals surface area contributed by atoms with E-state index in [1.807, 2.05) is 0 Å². The third kappa shape index (κ3) is 65.5. The van der Waals surface area contributed by atoms with Gasteiger partial charge in [0.05, 0.1) is 0 Å². The van der Waals surface area contributed by atoms with Gasteiger partial charge in [-0.05, 0) is 89.9 Å². The third-order valence-corrected chi connectivity index (χ3v) is 15.2. The van der Waals surface area contributed by atoms with E-state index in [0.717, 1.165) is 103 Å². The first-order valence-electron chi connectivity index (χ1n) is 34.4. The Morgan fingerprint density at radius 1 is 0.266 bits per heavy atom. The van der Waals surface area contributed by atoms with Crippen molar-refractivity contribution >= 4 is 17.9 Å². The van der Waals surface area contributed by atoms with E-state index < -0.39 is 6.10 Å². The first-order valence-corrected chi connectivity index (χ1v) is 34.4. The minimum Gasteiger partial charge on any atom is -0.462 e. The zero-order valence-corrected chi connectivity index (χ0v) is 52.6. The highest BCUT2D eigenvalue weighted by Crippen LogP contribution is 2.18. The van der Waals surface area contributed by atoms with Gasteiger partial charge < -0.3 is 14.2 Å². The van der Waals surface area contributed by atoms with E-state index in [1.54, 1.807) is 0 Å². The van der Waals surface area contributed by atoms with Crippen LogP contribution in [0, 0.1) is 0 Å². The number of esters is 3. The normalized spacial score (nSPS) is 12.5. The molecule has 79 heavy (non-hydrogen) atoms. The van der Waals surface area contributed by atoms with Crippen molar-refractivity contribution < 1.29 is 28.6 Å². The number of hydrogen-bond acceptors (Lipinski definition) is 6. The fraction of sp³-hybridized carbons (Fsp3) is 0.795. The number of unbranched alkanes of at least 4 members (excludes halogenated alkanes) is 40. The Labute approximate surface area is 491 Å². The number of carbonyl (C=O) groups is 3. The van der Waals surface area contributed by atoms with E-state index >= 15 is 0 Å². The maximum Gasteiger partial charge on any atom is 0.306 e. The molecule has 0 radical (unpaired) electrons. The van der Waals surface area contributed by atoms with E-state index in [9.17, 15) is 14.4 Å². The summed E-state index contributed by atoms with van der Waals surface area (Å²) in [5.74, 6) is -0.871. The second-order valence-corrected chi connectivity index (χ2v) is 23.1. The monoisotopic (exact) mass is 1100 g/mol. The fourth-order valence-corrected chi connectivity index (χ4v) is 10.1. The lowest BCUT2D eigenvalue weighted by Gasteiger charge is -2.18. The van der Waals surface area contributed by atoms with Crippen LogP contribution in [0.4, 0.5) is 0 Å². The van der Waals surface area contributed by atoms with Gasteiger partial charge in [0.25, 0.3) is 0 Å². The topological polar surface area (TPSA) is 78.9 Å². The molecule has 0 spiro atoms. The maximum absolute atomic E-state index is 12.9. The molecule has 0 N–H and O–H groups in total. The zero-order valence-electron chi connectivity index (χ0n) is 52.6. The van der Waals surface area contributed by atoms with Gasteiger partial charge in [0.15, 0.2) is 6.10 Å². The summed E-state index contributed by atoms with van der Waals surface area (Å²) in [5.41, 5.74) is 0. The van der Waals surface area contributed by atoms with Crippen molar-refractivity contribution in [3.05, 3.63) is 72.9 Å². The summed E-state index contributed by atoms with van der Waals surface area (Å²) in [6, 6.07) is 0. The number of allylic oxidation sites excluding steroid dienone is 12. The minimum atomic E-state index is -0.783. The van der Waals surface area contributed by atoms with Crippen molar-refractivity contribution in [2.45, 2.75) is 361 Å². The predicted molar refractivity (Wildman–Crippen MR) is 344 cm³/mol. The van der Waals surface area contributed by atoms with Crippen LogP contribution in [0.5, 0.6) is 0 Å². The summed E-state index contributed by atoms with van der Waals surface area (Å²) in [4.78, 5) is 38.4. The van der Waals surface area contributed by atoms with Crippen LogP contribution in [-0.2, 0) is 28.6 Å². The smallest absolute Gasteiger partial charge is 0.306 e. The van der Waals surface area contributed by atoms with Crippen molar-refractivity contribution in [3.63, 3.8) is 0 Å². The van der Waals surface area contributed by atoms with Crippen LogP contribution in [0.25, 0.3) is 0 Å².